The Kier molecular flexibility index (Phi) is 6.28. The van der Waals surface area contributed by atoms with Gasteiger partial charge in [0.2, 0.25) is 0 Å². The fraction of sp³-hybridized carbons (Fsp3) is 0.0400. The summed E-state index contributed by atoms with van der Waals surface area (Å²) in [6, 6.07) is 22.2. The van der Waals surface area contributed by atoms with Crippen LogP contribution in [0.1, 0.15) is 21.5 Å². The summed E-state index contributed by atoms with van der Waals surface area (Å²) in [5, 5.41) is 11.7. The number of carboxylic acids is 1. The van der Waals surface area contributed by atoms with Gasteiger partial charge in [0, 0.05) is 0 Å². The van der Waals surface area contributed by atoms with Gasteiger partial charge in [-0.05, 0) is 65.8 Å². The standard InChI is InChI=1S/C25H18N2O5S/c28-22-21(23(29)27(25(33)26-22)19-7-2-1-3-8-19)14-16-9-11-20(12-10-16)32-15-17-5-4-6-18(13-17)24(30)31/h1-14H,15H2,(H,30,31)(H,26,28,33)/b21-14+. The molecule has 164 valence electrons. The van der Waals surface area contributed by atoms with E-state index in [1.165, 1.54) is 17.0 Å². The fourth-order valence-electron chi connectivity index (χ4n) is 3.26. The highest BCUT2D eigenvalue weighted by atomic mass is 32.1. The molecule has 8 heteroatoms. The van der Waals surface area contributed by atoms with Crippen LogP contribution in [-0.4, -0.2) is 28.0 Å². The lowest BCUT2D eigenvalue weighted by atomic mass is 10.1. The minimum absolute atomic E-state index is 0.0315. The molecule has 33 heavy (non-hydrogen) atoms. The molecule has 0 radical (unpaired) electrons. The number of hydrogen-bond donors (Lipinski definition) is 2. The number of rotatable bonds is 6. The highest BCUT2D eigenvalue weighted by Gasteiger charge is 2.34. The Labute approximate surface area is 194 Å². The highest BCUT2D eigenvalue weighted by molar-refractivity contribution is 7.80. The van der Waals surface area contributed by atoms with Crippen molar-refractivity contribution >= 4 is 46.9 Å². The number of aromatic carboxylic acids is 1. The summed E-state index contributed by atoms with van der Waals surface area (Å²) in [6.45, 7) is 0.200. The number of thiocarbonyl (C=S) groups is 1. The van der Waals surface area contributed by atoms with Gasteiger partial charge in [0.25, 0.3) is 11.8 Å². The third-order valence-corrected chi connectivity index (χ3v) is 5.17. The molecule has 2 amide bonds. The molecule has 0 spiro atoms. The van der Waals surface area contributed by atoms with Gasteiger partial charge in [-0.25, -0.2) is 4.79 Å². The van der Waals surface area contributed by atoms with E-state index in [0.29, 0.717) is 17.0 Å². The molecule has 1 fully saturated rings. The lowest BCUT2D eigenvalue weighted by Gasteiger charge is -2.28. The molecule has 1 heterocycles. The number of carbonyl (C=O) groups excluding carboxylic acids is 2. The van der Waals surface area contributed by atoms with Crippen molar-refractivity contribution < 1.29 is 24.2 Å². The molecular formula is C25H18N2O5S. The minimum Gasteiger partial charge on any atom is -0.489 e. The summed E-state index contributed by atoms with van der Waals surface area (Å²) in [5.41, 5.74) is 2.08. The monoisotopic (exact) mass is 458 g/mol. The van der Waals surface area contributed by atoms with Crippen LogP contribution >= 0.6 is 12.2 Å². The number of nitrogens with zero attached hydrogens (tertiary/aromatic N) is 1. The Morgan fingerprint density at radius 3 is 2.42 bits per heavy atom. The first-order chi connectivity index (χ1) is 15.9. The number of para-hydroxylation sites is 1. The molecule has 4 rings (SSSR count). The summed E-state index contributed by atoms with van der Waals surface area (Å²) in [6.07, 6.45) is 1.50. The van der Waals surface area contributed by atoms with Gasteiger partial charge < -0.3 is 9.84 Å². The predicted molar refractivity (Wildman–Crippen MR) is 127 cm³/mol. The summed E-state index contributed by atoms with van der Waals surface area (Å²) in [4.78, 5) is 37.8. The van der Waals surface area contributed by atoms with Gasteiger partial charge in [0.1, 0.15) is 17.9 Å². The van der Waals surface area contributed by atoms with Crippen molar-refractivity contribution in [1.82, 2.24) is 5.32 Å². The lowest BCUT2D eigenvalue weighted by Crippen LogP contribution is -2.54. The van der Waals surface area contributed by atoms with Gasteiger partial charge in [-0.3, -0.25) is 19.8 Å². The lowest BCUT2D eigenvalue weighted by molar-refractivity contribution is -0.122. The molecule has 1 aliphatic rings. The van der Waals surface area contributed by atoms with E-state index in [9.17, 15) is 14.4 Å². The van der Waals surface area contributed by atoms with Crippen LogP contribution in [0.15, 0.2) is 84.4 Å². The normalized spacial score (nSPS) is 14.8. The average Bonchev–Trinajstić information content (AvgIpc) is 2.82. The first-order valence-corrected chi connectivity index (χ1v) is 10.3. The number of amides is 2. The van der Waals surface area contributed by atoms with Crippen molar-refractivity contribution in [2.45, 2.75) is 6.61 Å². The highest BCUT2D eigenvalue weighted by Crippen LogP contribution is 2.22. The van der Waals surface area contributed by atoms with E-state index >= 15 is 0 Å². The topological polar surface area (TPSA) is 95.9 Å². The summed E-state index contributed by atoms with van der Waals surface area (Å²) < 4.78 is 5.72. The summed E-state index contributed by atoms with van der Waals surface area (Å²) in [5.74, 6) is -1.50. The SMILES string of the molecule is O=C1NC(=S)N(c2ccccc2)C(=O)/C1=C/c1ccc(OCc2cccc(C(=O)O)c2)cc1. The number of carboxylic acid groups (broad SMARTS) is 1. The molecule has 0 unspecified atom stereocenters. The Morgan fingerprint density at radius 2 is 1.73 bits per heavy atom. The molecular weight excluding hydrogens is 440 g/mol. The van der Waals surface area contributed by atoms with Gasteiger partial charge in [-0.1, -0.05) is 42.5 Å². The average molecular weight is 458 g/mol. The number of ether oxygens (including phenoxy) is 1. The first-order valence-electron chi connectivity index (χ1n) is 9.94. The largest absolute Gasteiger partial charge is 0.489 e. The number of benzene rings is 3. The maximum absolute atomic E-state index is 13.0. The molecule has 0 saturated carbocycles. The van der Waals surface area contributed by atoms with E-state index in [4.69, 9.17) is 22.1 Å². The molecule has 0 bridgehead atoms. The number of carbonyl (C=O) groups is 3. The van der Waals surface area contributed by atoms with E-state index in [0.717, 1.165) is 5.56 Å². The van der Waals surface area contributed by atoms with Crippen LogP contribution < -0.4 is 15.0 Å². The smallest absolute Gasteiger partial charge is 0.335 e. The zero-order chi connectivity index (χ0) is 23.4. The Morgan fingerprint density at radius 1 is 1.00 bits per heavy atom. The van der Waals surface area contributed by atoms with E-state index in [1.54, 1.807) is 66.7 Å². The van der Waals surface area contributed by atoms with Crippen LogP contribution in [0, 0.1) is 0 Å². The van der Waals surface area contributed by atoms with Crippen molar-refractivity contribution in [3.63, 3.8) is 0 Å². The van der Waals surface area contributed by atoms with Crippen molar-refractivity contribution in [1.29, 1.82) is 0 Å². The van der Waals surface area contributed by atoms with E-state index < -0.39 is 17.8 Å². The van der Waals surface area contributed by atoms with Crippen molar-refractivity contribution in [3.8, 4) is 5.75 Å². The second-order valence-corrected chi connectivity index (χ2v) is 7.54. The van der Waals surface area contributed by atoms with Crippen LogP contribution in [0.3, 0.4) is 0 Å². The molecule has 0 atom stereocenters. The summed E-state index contributed by atoms with van der Waals surface area (Å²) in [7, 11) is 0. The molecule has 1 aliphatic heterocycles. The zero-order valence-electron chi connectivity index (χ0n) is 17.2. The van der Waals surface area contributed by atoms with Crippen LogP contribution in [0.4, 0.5) is 5.69 Å². The molecule has 2 N–H and O–H groups in total. The molecule has 1 saturated heterocycles. The molecule has 3 aromatic carbocycles. The maximum atomic E-state index is 13.0. The third kappa shape index (κ3) is 4.97. The second kappa shape index (κ2) is 9.46. The first kappa shape index (κ1) is 21.9. The van der Waals surface area contributed by atoms with Crippen molar-refractivity contribution in [3.05, 3.63) is 101 Å². The Bertz CT molecular complexity index is 1270. The van der Waals surface area contributed by atoms with Crippen LogP contribution in [0.5, 0.6) is 5.75 Å². The van der Waals surface area contributed by atoms with Crippen molar-refractivity contribution in [2.24, 2.45) is 0 Å². The minimum atomic E-state index is -0.998. The molecule has 7 nitrogen and oxygen atoms in total. The second-order valence-electron chi connectivity index (χ2n) is 7.16. The quantitative estimate of drug-likeness (QED) is 0.332. The molecule has 3 aromatic rings. The van der Waals surface area contributed by atoms with Crippen molar-refractivity contribution in [2.75, 3.05) is 4.90 Å². The third-order valence-electron chi connectivity index (χ3n) is 4.89. The maximum Gasteiger partial charge on any atom is 0.335 e. The van der Waals surface area contributed by atoms with E-state index in [1.807, 2.05) is 6.07 Å². The zero-order valence-corrected chi connectivity index (χ0v) is 18.0. The van der Waals surface area contributed by atoms with Gasteiger partial charge in [0.05, 0.1) is 11.3 Å². The Hall–Kier alpha value is -4.30. The molecule has 0 aliphatic carbocycles. The van der Waals surface area contributed by atoms with Crippen LogP contribution in [0.2, 0.25) is 0 Å². The van der Waals surface area contributed by atoms with Gasteiger partial charge in [0.15, 0.2) is 5.11 Å². The number of nitrogens with one attached hydrogen (secondary N) is 1. The molecule has 0 aromatic heterocycles. The van der Waals surface area contributed by atoms with Crippen LogP contribution in [0.25, 0.3) is 6.08 Å². The predicted octanol–water partition coefficient (Wildman–Crippen LogP) is 3.80. The number of hydrogen-bond acceptors (Lipinski definition) is 5. The van der Waals surface area contributed by atoms with E-state index in [-0.39, 0.29) is 22.9 Å². The van der Waals surface area contributed by atoms with Crippen LogP contribution in [-0.2, 0) is 16.2 Å². The van der Waals surface area contributed by atoms with E-state index in [2.05, 4.69) is 5.32 Å². The Balaban J connectivity index is 1.49. The van der Waals surface area contributed by atoms with Gasteiger partial charge in [-0.15, -0.1) is 0 Å². The van der Waals surface area contributed by atoms with Gasteiger partial charge >= 0.3 is 5.97 Å². The number of anilines is 1. The fourth-order valence-corrected chi connectivity index (χ4v) is 3.54. The van der Waals surface area contributed by atoms with Gasteiger partial charge in [-0.2, -0.15) is 0 Å². The summed E-state index contributed by atoms with van der Waals surface area (Å²) >= 11 is 5.19.